The Labute approximate surface area is 208 Å². The molecule has 3 amide bonds. The number of nitrogens with two attached hydrogens (primary N) is 1. The number of carboxylic acids is 1. The second-order valence-corrected chi connectivity index (χ2v) is 9.61. The van der Waals surface area contributed by atoms with Crippen LogP contribution >= 0.6 is 0 Å². The van der Waals surface area contributed by atoms with Gasteiger partial charge in [-0.05, 0) is 29.7 Å². The summed E-state index contributed by atoms with van der Waals surface area (Å²) in [6.45, 7) is 10.9. The molecule has 9 heteroatoms. The van der Waals surface area contributed by atoms with E-state index in [2.05, 4.69) is 16.0 Å². The van der Waals surface area contributed by atoms with Crippen molar-refractivity contribution in [1.29, 1.82) is 0 Å². The van der Waals surface area contributed by atoms with Crippen molar-refractivity contribution in [1.82, 2.24) is 16.0 Å². The van der Waals surface area contributed by atoms with Crippen LogP contribution < -0.4 is 21.7 Å². The summed E-state index contributed by atoms with van der Waals surface area (Å²) in [6.07, 6.45) is 1.48. The van der Waals surface area contributed by atoms with E-state index in [9.17, 15) is 24.3 Å². The number of carbonyl (C=O) groups excluding carboxylic acids is 3. The minimum Gasteiger partial charge on any atom is -0.480 e. The van der Waals surface area contributed by atoms with Gasteiger partial charge in [-0.15, -0.1) is 0 Å². The summed E-state index contributed by atoms with van der Waals surface area (Å²) in [5.74, 6) is -3.47. The zero-order valence-corrected chi connectivity index (χ0v) is 21.7. The van der Waals surface area contributed by atoms with Gasteiger partial charge < -0.3 is 26.8 Å². The molecule has 0 spiro atoms. The normalized spacial score (nSPS) is 16.3. The van der Waals surface area contributed by atoms with Crippen LogP contribution in [0.5, 0.6) is 0 Å². The number of hydrogen-bond donors (Lipinski definition) is 5. The van der Waals surface area contributed by atoms with Gasteiger partial charge >= 0.3 is 5.97 Å². The number of rotatable bonds is 14. The van der Waals surface area contributed by atoms with Crippen LogP contribution in [0.15, 0.2) is 30.3 Å². The average Bonchev–Trinajstić information content (AvgIpc) is 2.82. The highest BCUT2D eigenvalue weighted by molar-refractivity contribution is 5.94. The van der Waals surface area contributed by atoms with Crippen molar-refractivity contribution in [2.45, 2.75) is 85.0 Å². The molecule has 0 radical (unpaired) electrons. The van der Waals surface area contributed by atoms with E-state index in [1.54, 1.807) is 20.8 Å². The zero-order chi connectivity index (χ0) is 26.7. The predicted octanol–water partition coefficient (Wildman–Crippen LogP) is 1.84. The molecule has 6 N–H and O–H groups in total. The van der Waals surface area contributed by atoms with Crippen LogP contribution in [0, 0.1) is 17.8 Å². The Morgan fingerprint density at radius 1 is 0.771 bits per heavy atom. The minimum atomic E-state index is -1.12. The highest BCUT2D eigenvalue weighted by Gasteiger charge is 2.34. The largest absolute Gasteiger partial charge is 0.480 e. The number of hydrogen-bond acceptors (Lipinski definition) is 5. The molecule has 35 heavy (non-hydrogen) atoms. The lowest BCUT2D eigenvalue weighted by Gasteiger charge is -2.30. The van der Waals surface area contributed by atoms with Crippen molar-refractivity contribution in [2.75, 3.05) is 0 Å². The molecule has 0 aliphatic heterocycles. The van der Waals surface area contributed by atoms with E-state index in [0.717, 1.165) is 5.56 Å². The van der Waals surface area contributed by atoms with E-state index in [0.29, 0.717) is 19.3 Å². The summed E-state index contributed by atoms with van der Waals surface area (Å²) in [7, 11) is 0. The Hall–Kier alpha value is -2.94. The van der Waals surface area contributed by atoms with Gasteiger partial charge in [0.2, 0.25) is 17.7 Å². The second-order valence-electron chi connectivity index (χ2n) is 9.61. The third kappa shape index (κ3) is 9.32. The Balaban J connectivity index is 2.96. The fraction of sp³-hybridized carbons (Fsp3) is 0.615. The Morgan fingerprint density at radius 3 is 1.71 bits per heavy atom. The van der Waals surface area contributed by atoms with Gasteiger partial charge in [-0.1, -0.05) is 84.7 Å². The topological polar surface area (TPSA) is 151 Å². The molecule has 0 fully saturated rings. The van der Waals surface area contributed by atoms with Gasteiger partial charge in [0.25, 0.3) is 0 Å². The average molecular weight is 491 g/mol. The monoisotopic (exact) mass is 490 g/mol. The lowest BCUT2D eigenvalue weighted by molar-refractivity contribution is -0.144. The zero-order valence-electron chi connectivity index (χ0n) is 21.7. The van der Waals surface area contributed by atoms with Crippen LogP contribution in [0.3, 0.4) is 0 Å². The van der Waals surface area contributed by atoms with Crippen molar-refractivity contribution in [2.24, 2.45) is 23.5 Å². The molecule has 6 atom stereocenters. The van der Waals surface area contributed by atoms with Gasteiger partial charge in [0.15, 0.2) is 0 Å². The molecule has 6 unspecified atom stereocenters. The van der Waals surface area contributed by atoms with Gasteiger partial charge in [0, 0.05) is 0 Å². The molecular formula is C26H42N4O5. The summed E-state index contributed by atoms with van der Waals surface area (Å²) in [5.41, 5.74) is 6.98. The summed E-state index contributed by atoms with van der Waals surface area (Å²) < 4.78 is 0. The standard InChI is InChI=1S/C26H42N4O5/c1-7-16(5)21(25(33)30-22(26(34)35)17(6)8-2)29-24(32)20(15(3)4)28-23(31)19(27)14-18-12-10-9-11-13-18/h9-13,15-17,19-22H,7-8,14,27H2,1-6H3,(H,28,31)(H,29,32)(H,30,33)(H,34,35). The lowest BCUT2D eigenvalue weighted by Crippen LogP contribution is -2.60. The summed E-state index contributed by atoms with van der Waals surface area (Å²) >= 11 is 0. The summed E-state index contributed by atoms with van der Waals surface area (Å²) in [6, 6.07) is 5.58. The quantitative estimate of drug-likeness (QED) is 0.268. The number of benzene rings is 1. The molecule has 0 aromatic heterocycles. The van der Waals surface area contributed by atoms with Crippen LogP contribution in [0.25, 0.3) is 0 Å². The molecule has 1 aromatic rings. The van der Waals surface area contributed by atoms with Crippen LogP contribution in [0.1, 0.15) is 59.9 Å². The molecule has 0 saturated heterocycles. The number of amides is 3. The van der Waals surface area contributed by atoms with E-state index < -0.39 is 47.9 Å². The molecule has 0 aliphatic carbocycles. The first-order valence-electron chi connectivity index (χ1n) is 12.4. The molecule has 1 rings (SSSR count). The Bertz CT molecular complexity index is 845. The number of carboxylic acid groups (broad SMARTS) is 1. The summed E-state index contributed by atoms with van der Waals surface area (Å²) in [5, 5.41) is 17.6. The molecule has 9 nitrogen and oxygen atoms in total. The van der Waals surface area contributed by atoms with Crippen molar-refractivity contribution >= 4 is 23.7 Å². The SMILES string of the molecule is CCC(C)C(NC(=O)C(NC(=O)C(NC(=O)C(N)Cc1ccccc1)C(C)C)C(C)CC)C(=O)O. The smallest absolute Gasteiger partial charge is 0.326 e. The van der Waals surface area contributed by atoms with Gasteiger partial charge in [-0.3, -0.25) is 14.4 Å². The van der Waals surface area contributed by atoms with Gasteiger partial charge in [0.05, 0.1) is 6.04 Å². The number of nitrogens with one attached hydrogen (secondary N) is 3. The number of aliphatic carboxylic acids is 1. The van der Waals surface area contributed by atoms with Gasteiger partial charge in [-0.2, -0.15) is 0 Å². The third-order valence-corrected chi connectivity index (χ3v) is 6.45. The molecule has 0 bridgehead atoms. The molecule has 0 heterocycles. The first-order valence-corrected chi connectivity index (χ1v) is 12.4. The third-order valence-electron chi connectivity index (χ3n) is 6.45. The highest BCUT2D eigenvalue weighted by Crippen LogP contribution is 2.13. The second kappa shape index (κ2) is 14.5. The van der Waals surface area contributed by atoms with Crippen LogP contribution in [0.4, 0.5) is 0 Å². The first kappa shape index (κ1) is 30.1. The fourth-order valence-corrected chi connectivity index (χ4v) is 3.63. The maximum atomic E-state index is 13.2. The first-order chi connectivity index (χ1) is 16.4. The van der Waals surface area contributed by atoms with E-state index >= 15 is 0 Å². The van der Waals surface area contributed by atoms with Gasteiger partial charge in [-0.25, -0.2) is 4.79 Å². The van der Waals surface area contributed by atoms with Gasteiger partial charge in [0.1, 0.15) is 18.1 Å². The van der Waals surface area contributed by atoms with Crippen molar-refractivity contribution in [3.8, 4) is 0 Å². The maximum Gasteiger partial charge on any atom is 0.326 e. The highest BCUT2D eigenvalue weighted by atomic mass is 16.4. The minimum absolute atomic E-state index is 0.255. The Morgan fingerprint density at radius 2 is 1.23 bits per heavy atom. The van der Waals surface area contributed by atoms with Crippen molar-refractivity contribution in [3.05, 3.63) is 35.9 Å². The van der Waals surface area contributed by atoms with E-state index in [-0.39, 0.29) is 17.8 Å². The predicted molar refractivity (Wildman–Crippen MR) is 135 cm³/mol. The van der Waals surface area contributed by atoms with Crippen molar-refractivity contribution in [3.63, 3.8) is 0 Å². The molecule has 196 valence electrons. The lowest BCUT2D eigenvalue weighted by atomic mass is 9.94. The molecule has 0 aliphatic rings. The van der Waals surface area contributed by atoms with Crippen LogP contribution in [0.2, 0.25) is 0 Å². The molecule has 1 aromatic carbocycles. The van der Waals surface area contributed by atoms with Crippen LogP contribution in [-0.4, -0.2) is 53.0 Å². The van der Waals surface area contributed by atoms with Crippen LogP contribution in [-0.2, 0) is 25.6 Å². The molecule has 0 saturated carbocycles. The molecular weight excluding hydrogens is 448 g/mol. The maximum absolute atomic E-state index is 13.2. The van der Waals surface area contributed by atoms with E-state index in [1.807, 2.05) is 51.1 Å². The van der Waals surface area contributed by atoms with E-state index in [4.69, 9.17) is 5.73 Å². The number of carbonyl (C=O) groups is 4. The summed E-state index contributed by atoms with van der Waals surface area (Å²) in [4.78, 5) is 50.6. The fourth-order valence-electron chi connectivity index (χ4n) is 3.63. The van der Waals surface area contributed by atoms with E-state index in [1.165, 1.54) is 0 Å². The Kier molecular flexibility index (Phi) is 12.4. The van der Waals surface area contributed by atoms with Crippen molar-refractivity contribution < 1.29 is 24.3 Å².